The van der Waals surface area contributed by atoms with E-state index in [1.165, 1.54) is 11.1 Å². The maximum absolute atomic E-state index is 5.25. The van der Waals surface area contributed by atoms with Crippen LogP contribution in [0.2, 0.25) is 0 Å². The summed E-state index contributed by atoms with van der Waals surface area (Å²) in [5.41, 5.74) is 2.66. The molecule has 0 saturated carbocycles. The van der Waals surface area contributed by atoms with Crippen molar-refractivity contribution in [3.63, 3.8) is 0 Å². The molecule has 0 aliphatic heterocycles. The number of nitrogens with one attached hydrogen (secondary N) is 1. The zero-order valence-electron chi connectivity index (χ0n) is 12.6. The molecule has 0 aromatic heterocycles. The van der Waals surface area contributed by atoms with Gasteiger partial charge in [0.2, 0.25) is 0 Å². The van der Waals surface area contributed by atoms with Gasteiger partial charge < -0.3 is 19.7 Å². The van der Waals surface area contributed by atoms with Crippen molar-refractivity contribution >= 4 is 0 Å². The lowest BCUT2D eigenvalue weighted by Crippen LogP contribution is -2.39. The molecular formula is C15H26N2O2. The summed E-state index contributed by atoms with van der Waals surface area (Å²) in [6.45, 7) is 3.82. The Kier molecular flexibility index (Phi) is 7.02. The van der Waals surface area contributed by atoms with Crippen LogP contribution in [-0.4, -0.2) is 45.5 Å². The molecule has 4 nitrogen and oxygen atoms in total. The van der Waals surface area contributed by atoms with Crippen molar-refractivity contribution in [2.45, 2.75) is 32.3 Å². The summed E-state index contributed by atoms with van der Waals surface area (Å²) in [6, 6.07) is 8.63. The van der Waals surface area contributed by atoms with Crippen LogP contribution < -0.4 is 5.32 Å². The molecule has 1 aromatic carbocycles. The number of benzene rings is 1. The molecule has 1 rings (SSSR count). The van der Waals surface area contributed by atoms with E-state index in [1.54, 1.807) is 14.2 Å². The van der Waals surface area contributed by atoms with Gasteiger partial charge in [-0.2, -0.15) is 0 Å². The van der Waals surface area contributed by atoms with Crippen molar-refractivity contribution in [1.82, 2.24) is 10.2 Å². The van der Waals surface area contributed by atoms with E-state index in [2.05, 4.69) is 55.5 Å². The highest BCUT2D eigenvalue weighted by Gasteiger charge is 2.15. The predicted molar refractivity (Wildman–Crippen MR) is 77.9 cm³/mol. The maximum Gasteiger partial charge on any atom is 0.171 e. The largest absolute Gasteiger partial charge is 0.354 e. The van der Waals surface area contributed by atoms with Crippen molar-refractivity contribution in [2.24, 2.45) is 0 Å². The second-order valence-electron chi connectivity index (χ2n) is 5.02. The van der Waals surface area contributed by atoms with Gasteiger partial charge in [0.15, 0.2) is 6.29 Å². The summed E-state index contributed by atoms with van der Waals surface area (Å²) in [6.07, 6.45) is -0.221. The molecule has 4 heteroatoms. The first kappa shape index (κ1) is 16.1. The van der Waals surface area contributed by atoms with Gasteiger partial charge in [-0.25, -0.2) is 0 Å². The average molecular weight is 266 g/mol. The number of nitrogens with zero attached hydrogens (tertiary/aromatic N) is 1. The first-order valence-corrected chi connectivity index (χ1v) is 6.59. The van der Waals surface area contributed by atoms with Crippen molar-refractivity contribution in [3.05, 3.63) is 35.4 Å². The Balaban J connectivity index is 2.62. The third-order valence-corrected chi connectivity index (χ3v) is 3.09. The van der Waals surface area contributed by atoms with E-state index < -0.39 is 0 Å². The SMILES string of the molecule is COC(OC)C(C)NCc1ccccc1CN(C)C. The lowest BCUT2D eigenvalue weighted by Gasteiger charge is -2.23. The molecule has 1 aromatic rings. The molecule has 0 spiro atoms. The average Bonchev–Trinajstić information content (AvgIpc) is 2.38. The Morgan fingerprint density at radius 2 is 1.68 bits per heavy atom. The van der Waals surface area contributed by atoms with Crippen LogP contribution in [0, 0.1) is 0 Å². The summed E-state index contributed by atoms with van der Waals surface area (Å²) >= 11 is 0. The first-order valence-electron chi connectivity index (χ1n) is 6.59. The summed E-state index contributed by atoms with van der Waals surface area (Å²) in [4.78, 5) is 2.18. The van der Waals surface area contributed by atoms with Crippen LogP contribution in [0.4, 0.5) is 0 Å². The van der Waals surface area contributed by atoms with Crippen LogP contribution in [-0.2, 0) is 22.6 Å². The van der Waals surface area contributed by atoms with Crippen LogP contribution in [0.5, 0.6) is 0 Å². The van der Waals surface area contributed by atoms with E-state index in [0.717, 1.165) is 13.1 Å². The molecule has 0 fully saturated rings. The van der Waals surface area contributed by atoms with E-state index in [0.29, 0.717) is 0 Å². The Bertz CT molecular complexity index is 365. The van der Waals surface area contributed by atoms with Gasteiger partial charge in [-0.15, -0.1) is 0 Å². The Hall–Kier alpha value is -0.940. The van der Waals surface area contributed by atoms with Crippen molar-refractivity contribution in [2.75, 3.05) is 28.3 Å². The van der Waals surface area contributed by atoms with Crippen molar-refractivity contribution in [1.29, 1.82) is 0 Å². The normalized spacial score (nSPS) is 13.2. The lowest BCUT2D eigenvalue weighted by atomic mass is 10.1. The maximum atomic E-state index is 5.25. The zero-order valence-corrected chi connectivity index (χ0v) is 12.6. The minimum Gasteiger partial charge on any atom is -0.354 e. The van der Waals surface area contributed by atoms with Gasteiger partial charge in [0.1, 0.15) is 0 Å². The van der Waals surface area contributed by atoms with E-state index >= 15 is 0 Å². The number of rotatable bonds is 8. The second kappa shape index (κ2) is 8.27. The van der Waals surface area contributed by atoms with Gasteiger partial charge in [0, 0.05) is 27.3 Å². The topological polar surface area (TPSA) is 33.7 Å². The third kappa shape index (κ3) is 5.28. The fourth-order valence-electron chi connectivity index (χ4n) is 2.10. The van der Waals surface area contributed by atoms with Crippen LogP contribution >= 0.6 is 0 Å². The van der Waals surface area contributed by atoms with Crippen LogP contribution in [0.25, 0.3) is 0 Å². The van der Waals surface area contributed by atoms with Crippen molar-refractivity contribution in [3.8, 4) is 0 Å². The fourth-order valence-corrected chi connectivity index (χ4v) is 2.10. The molecular weight excluding hydrogens is 240 g/mol. The van der Waals surface area contributed by atoms with Gasteiger partial charge in [-0.1, -0.05) is 24.3 Å². The molecule has 0 radical (unpaired) electrons. The monoisotopic (exact) mass is 266 g/mol. The zero-order chi connectivity index (χ0) is 14.3. The molecule has 0 bridgehead atoms. The van der Waals surface area contributed by atoms with E-state index in [4.69, 9.17) is 9.47 Å². The van der Waals surface area contributed by atoms with Gasteiger partial charge >= 0.3 is 0 Å². The van der Waals surface area contributed by atoms with Gasteiger partial charge in [0.05, 0.1) is 6.04 Å². The molecule has 0 saturated heterocycles. The highest BCUT2D eigenvalue weighted by Crippen LogP contribution is 2.11. The highest BCUT2D eigenvalue weighted by molar-refractivity contribution is 5.26. The number of methoxy groups -OCH3 is 2. The highest BCUT2D eigenvalue weighted by atomic mass is 16.7. The Morgan fingerprint density at radius 1 is 1.11 bits per heavy atom. The number of ether oxygens (including phenoxy) is 2. The van der Waals surface area contributed by atoms with Crippen LogP contribution in [0.3, 0.4) is 0 Å². The summed E-state index contributed by atoms with van der Waals surface area (Å²) in [5, 5.41) is 3.45. The fraction of sp³-hybridized carbons (Fsp3) is 0.600. The smallest absolute Gasteiger partial charge is 0.171 e. The van der Waals surface area contributed by atoms with E-state index in [1.807, 2.05) is 0 Å². The number of hydrogen-bond donors (Lipinski definition) is 1. The molecule has 0 amide bonds. The third-order valence-electron chi connectivity index (χ3n) is 3.09. The van der Waals surface area contributed by atoms with Gasteiger partial charge in [-0.05, 0) is 32.1 Å². The van der Waals surface area contributed by atoms with Gasteiger partial charge in [0.25, 0.3) is 0 Å². The van der Waals surface area contributed by atoms with Crippen molar-refractivity contribution < 1.29 is 9.47 Å². The van der Waals surface area contributed by atoms with E-state index in [-0.39, 0.29) is 12.3 Å². The van der Waals surface area contributed by atoms with Crippen LogP contribution in [0.1, 0.15) is 18.1 Å². The Morgan fingerprint density at radius 3 is 2.21 bits per heavy atom. The quantitative estimate of drug-likeness (QED) is 0.728. The van der Waals surface area contributed by atoms with Crippen LogP contribution in [0.15, 0.2) is 24.3 Å². The predicted octanol–water partition coefficient (Wildman–Crippen LogP) is 1.85. The molecule has 1 atom stereocenters. The standard InChI is InChI=1S/C15H26N2O2/c1-12(15(18-4)19-5)16-10-13-8-6-7-9-14(13)11-17(2)3/h6-9,12,15-16H,10-11H2,1-5H3. The minimum atomic E-state index is -0.221. The molecule has 0 aliphatic rings. The molecule has 1 N–H and O–H groups in total. The molecule has 1 unspecified atom stereocenters. The second-order valence-corrected chi connectivity index (χ2v) is 5.02. The lowest BCUT2D eigenvalue weighted by molar-refractivity contribution is -0.119. The minimum absolute atomic E-state index is 0.141. The van der Waals surface area contributed by atoms with E-state index in [9.17, 15) is 0 Å². The Labute approximate surface area is 116 Å². The van der Waals surface area contributed by atoms with Gasteiger partial charge in [-0.3, -0.25) is 0 Å². The summed E-state index contributed by atoms with van der Waals surface area (Å²) in [5.74, 6) is 0. The molecule has 0 heterocycles. The molecule has 19 heavy (non-hydrogen) atoms. The summed E-state index contributed by atoms with van der Waals surface area (Å²) < 4.78 is 10.5. The number of hydrogen-bond acceptors (Lipinski definition) is 4. The molecule has 108 valence electrons. The summed E-state index contributed by atoms with van der Waals surface area (Å²) in [7, 11) is 7.48. The molecule has 0 aliphatic carbocycles. The first-order chi connectivity index (χ1) is 9.08.